The van der Waals surface area contributed by atoms with E-state index in [4.69, 9.17) is 15.9 Å². The van der Waals surface area contributed by atoms with Gasteiger partial charge in [-0.2, -0.15) is 0 Å². The van der Waals surface area contributed by atoms with Gasteiger partial charge in [-0.15, -0.1) is 0 Å². The molecule has 0 radical (unpaired) electrons. The van der Waals surface area contributed by atoms with E-state index in [2.05, 4.69) is 16.0 Å². The molecule has 0 spiro atoms. The maximum Gasteiger partial charge on any atom is 0.325 e. The number of carboxylic acid groups (broad SMARTS) is 2. The van der Waals surface area contributed by atoms with Gasteiger partial charge in [0.15, 0.2) is 0 Å². The zero-order chi connectivity index (χ0) is 22.0. The summed E-state index contributed by atoms with van der Waals surface area (Å²) in [5, 5.41) is 33.4. The SMILES string of the molecule is CCC(C)C(N)C(=O)NC(CC(=O)O)C(=O)NC(CO)C(=O)NC(C)C(=O)O. The Kier molecular flexibility index (Phi) is 10.7. The highest BCUT2D eigenvalue weighted by molar-refractivity contribution is 5.95. The van der Waals surface area contributed by atoms with E-state index in [1.807, 2.05) is 6.92 Å². The van der Waals surface area contributed by atoms with Gasteiger partial charge in [0.1, 0.15) is 18.1 Å². The summed E-state index contributed by atoms with van der Waals surface area (Å²) >= 11 is 0. The smallest absolute Gasteiger partial charge is 0.325 e. The summed E-state index contributed by atoms with van der Waals surface area (Å²) in [5.74, 6) is -5.69. The van der Waals surface area contributed by atoms with E-state index in [1.165, 1.54) is 6.92 Å². The minimum absolute atomic E-state index is 0.220. The number of rotatable bonds is 12. The molecule has 0 aromatic rings. The van der Waals surface area contributed by atoms with E-state index in [-0.39, 0.29) is 5.92 Å². The molecule has 0 bridgehead atoms. The number of nitrogens with two attached hydrogens (primary N) is 1. The summed E-state index contributed by atoms with van der Waals surface area (Å²) in [7, 11) is 0. The molecule has 0 aromatic heterocycles. The molecule has 0 aliphatic heterocycles. The number of aliphatic carboxylic acids is 2. The molecule has 160 valence electrons. The van der Waals surface area contributed by atoms with Crippen molar-refractivity contribution in [2.75, 3.05) is 6.61 Å². The second kappa shape index (κ2) is 11.9. The van der Waals surface area contributed by atoms with Gasteiger partial charge < -0.3 is 37.0 Å². The van der Waals surface area contributed by atoms with Gasteiger partial charge in [-0.05, 0) is 12.8 Å². The highest BCUT2D eigenvalue weighted by Gasteiger charge is 2.31. The summed E-state index contributed by atoms with van der Waals surface area (Å²) in [6.45, 7) is 3.83. The van der Waals surface area contributed by atoms with Gasteiger partial charge in [-0.25, -0.2) is 0 Å². The van der Waals surface area contributed by atoms with Crippen LogP contribution >= 0.6 is 0 Å². The maximum absolute atomic E-state index is 12.3. The van der Waals surface area contributed by atoms with E-state index in [1.54, 1.807) is 6.92 Å². The number of amides is 3. The number of hydrogen-bond acceptors (Lipinski definition) is 7. The molecule has 0 aliphatic carbocycles. The average molecular weight is 404 g/mol. The van der Waals surface area contributed by atoms with Crippen LogP contribution in [-0.4, -0.2) is 75.8 Å². The molecule has 8 N–H and O–H groups in total. The Morgan fingerprint density at radius 1 is 0.893 bits per heavy atom. The fourth-order valence-electron chi connectivity index (χ4n) is 2.01. The van der Waals surface area contributed by atoms with Crippen LogP contribution in [0.2, 0.25) is 0 Å². The van der Waals surface area contributed by atoms with Crippen molar-refractivity contribution in [3.8, 4) is 0 Å². The second-order valence-electron chi connectivity index (χ2n) is 6.38. The molecule has 0 saturated heterocycles. The first-order valence-electron chi connectivity index (χ1n) is 8.66. The third-order valence-corrected chi connectivity index (χ3v) is 4.12. The molecule has 0 fully saturated rings. The number of carbonyl (C=O) groups excluding carboxylic acids is 3. The highest BCUT2D eigenvalue weighted by atomic mass is 16.4. The third kappa shape index (κ3) is 8.31. The molecule has 0 saturated carbocycles. The van der Waals surface area contributed by atoms with Gasteiger partial charge in [-0.3, -0.25) is 24.0 Å². The van der Waals surface area contributed by atoms with Crippen LogP contribution in [0.4, 0.5) is 0 Å². The first-order valence-corrected chi connectivity index (χ1v) is 8.66. The standard InChI is InChI=1S/C16H28N4O8/c1-4-7(2)12(17)15(26)19-9(5-11(22)23)13(24)20-10(6-21)14(25)18-8(3)16(27)28/h7-10,12,21H,4-6,17H2,1-3H3,(H,18,25)(H,19,26)(H,20,24)(H,22,23)(H,27,28). The van der Waals surface area contributed by atoms with Crippen molar-refractivity contribution in [3.63, 3.8) is 0 Å². The van der Waals surface area contributed by atoms with Crippen LogP contribution < -0.4 is 21.7 Å². The van der Waals surface area contributed by atoms with Gasteiger partial charge >= 0.3 is 11.9 Å². The van der Waals surface area contributed by atoms with Crippen LogP contribution in [0.5, 0.6) is 0 Å². The van der Waals surface area contributed by atoms with Crippen LogP contribution in [0.25, 0.3) is 0 Å². The van der Waals surface area contributed by atoms with Crippen molar-refractivity contribution < 1.29 is 39.3 Å². The molecule has 12 nitrogen and oxygen atoms in total. The molecular formula is C16H28N4O8. The maximum atomic E-state index is 12.3. The lowest BCUT2D eigenvalue weighted by Crippen LogP contribution is -2.58. The van der Waals surface area contributed by atoms with Gasteiger partial charge in [0, 0.05) is 0 Å². The van der Waals surface area contributed by atoms with Crippen molar-refractivity contribution >= 4 is 29.7 Å². The largest absolute Gasteiger partial charge is 0.481 e. The Hall–Kier alpha value is -2.73. The van der Waals surface area contributed by atoms with Crippen molar-refractivity contribution in [1.82, 2.24) is 16.0 Å². The molecule has 0 aliphatic rings. The van der Waals surface area contributed by atoms with Crippen molar-refractivity contribution in [2.24, 2.45) is 11.7 Å². The lowest BCUT2D eigenvalue weighted by molar-refractivity contribution is -0.143. The fraction of sp³-hybridized carbons (Fsp3) is 0.688. The summed E-state index contributed by atoms with van der Waals surface area (Å²) in [5.41, 5.74) is 5.76. The highest BCUT2D eigenvalue weighted by Crippen LogP contribution is 2.06. The van der Waals surface area contributed by atoms with Crippen molar-refractivity contribution in [3.05, 3.63) is 0 Å². The number of nitrogens with one attached hydrogen (secondary N) is 3. The number of carboxylic acids is 2. The summed E-state index contributed by atoms with van der Waals surface area (Å²) in [6, 6.07) is -5.33. The Balaban J connectivity index is 5.17. The third-order valence-electron chi connectivity index (χ3n) is 4.12. The van der Waals surface area contributed by atoms with Crippen LogP contribution in [0.3, 0.4) is 0 Å². The first kappa shape index (κ1) is 25.3. The van der Waals surface area contributed by atoms with Crippen LogP contribution in [-0.2, 0) is 24.0 Å². The zero-order valence-corrected chi connectivity index (χ0v) is 16.0. The Morgan fingerprint density at radius 2 is 1.39 bits per heavy atom. The monoisotopic (exact) mass is 404 g/mol. The van der Waals surface area contributed by atoms with Crippen LogP contribution in [0.15, 0.2) is 0 Å². The van der Waals surface area contributed by atoms with Crippen molar-refractivity contribution in [2.45, 2.75) is 57.8 Å². The van der Waals surface area contributed by atoms with Gasteiger partial charge in [0.2, 0.25) is 17.7 Å². The summed E-state index contributed by atoms with van der Waals surface area (Å²) in [6.07, 6.45) is -0.199. The Labute approximate surface area is 161 Å². The van der Waals surface area contributed by atoms with E-state index >= 15 is 0 Å². The van der Waals surface area contributed by atoms with E-state index in [0.717, 1.165) is 0 Å². The molecule has 12 heteroatoms. The quantitative estimate of drug-likeness (QED) is 0.181. The normalized spacial score (nSPS) is 16.0. The lowest BCUT2D eigenvalue weighted by atomic mass is 9.99. The predicted molar refractivity (Wildman–Crippen MR) is 95.9 cm³/mol. The number of carbonyl (C=O) groups is 5. The molecule has 0 rings (SSSR count). The number of aliphatic hydroxyl groups is 1. The van der Waals surface area contributed by atoms with Crippen LogP contribution in [0.1, 0.15) is 33.6 Å². The molecule has 0 aromatic carbocycles. The van der Waals surface area contributed by atoms with Crippen LogP contribution in [0, 0.1) is 5.92 Å². The van der Waals surface area contributed by atoms with E-state index in [9.17, 15) is 29.1 Å². The minimum Gasteiger partial charge on any atom is -0.481 e. The van der Waals surface area contributed by atoms with Crippen molar-refractivity contribution in [1.29, 1.82) is 0 Å². The molecule has 28 heavy (non-hydrogen) atoms. The van der Waals surface area contributed by atoms with E-state index in [0.29, 0.717) is 6.42 Å². The lowest BCUT2D eigenvalue weighted by Gasteiger charge is -2.24. The van der Waals surface area contributed by atoms with Gasteiger partial charge in [-0.1, -0.05) is 20.3 Å². The second-order valence-corrected chi connectivity index (χ2v) is 6.38. The molecule has 5 unspecified atom stereocenters. The molecule has 0 heterocycles. The van der Waals surface area contributed by atoms with E-state index < -0.39 is 66.9 Å². The zero-order valence-electron chi connectivity index (χ0n) is 16.0. The average Bonchev–Trinajstić information content (AvgIpc) is 2.62. The molecule has 5 atom stereocenters. The first-order chi connectivity index (χ1) is 12.9. The summed E-state index contributed by atoms with van der Waals surface area (Å²) in [4.78, 5) is 58.2. The topological polar surface area (TPSA) is 208 Å². The molecule has 3 amide bonds. The number of hydrogen-bond donors (Lipinski definition) is 7. The van der Waals surface area contributed by atoms with Gasteiger partial charge in [0.25, 0.3) is 0 Å². The predicted octanol–water partition coefficient (Wildman–Crippen LogP) is -2.61. The summed E-state index contributed by atoms with van der Waals surface area (Å²) < 4.78 is 0. The Morgan fingerprint density at radius 3 is 1.82 bits per heavy atom. The number of aliphatic hydroxyl groups excluding tert-OH is 1. The fourth-order valence-corrected chi connectivity index (χ4v) is 2.01. The van der Waals surface area contributed by atoms with Gasteiger partial charge in [0.05, 0.1) is 19.1 Å². The Bertz CT molecular complexity index is 597. The molecular weight excluding hydrogens is 376 g/mol. The minimum atomic E-state index is -1.54.